The second kappa shape index (κ2) is 10.5. The van der Waals surface area contributed by atoms with E-state index in [0.29, 0.717) is 25.9 Å². The third kappa shape index (κ3) is 6.27. The van der Waals surface area contributed by atoms with Crippen molar-refractivity contribution in [1.29, 1.82) is 0 Å². The average molecular weight is 530 g/mol. The van der Waals surface area contributed by atoms with Crippen molar-refractivity contribution in [1.82, 2.24) is 26.0 Å². The average Bonchev–Trinajstić information content (AvgIpc) is 3.24. The minimum atomic E-state index is -2.40. The fourth-order valence-electron chi connectivity index (χ4n) is 4.74. The van der Waals surface area contributed by atoms with Gasteiger partial charge in [-0.2, -0.15) is 0 Å². The fourth-order valence-corrected chi connectivity index (χ4v) is 4.86. The second-order valence-electron chi connectivity index (χ2n) is 11.7. The zero-order chi connectivity index (χ0) is 27.0. The number of hydrogen-bond acceptors (Lipinski definition) is 5. The molecule has 0 radical (unpaired) electrons. The van der Waals surface area contributed by atoms with E-state index < -0.39 is 40.9 Å². The molecule has 0 unspecified atom stereocenters. The Bertz CT molecular complexity index is 917. The van der Waals surface area contributed by atoms with E-state index in [2.05, 4.69) is 16.1 Å². The molecule has 5 amide bonds. The summed E-state index contributed by atoms with van der Waals surface area (Å²) in [4.78, 5) is 65.5. The van der Waals surface area contributed by atoms with E-state index in [4.69, 9.17) is 11.6 Å². The smallest absolute Gasteiger partial charge is 0.291 e. The Labute approximate surface area is 216 Å². The van der Waals surface area contributed by atoms with Gasteiger partial charge in [0.15, 0.2) is 0 Å². The second-order valence-corrected chi connectivity index (χ2v) is 12.0. The van der Waals surface area contributed by atoms with Crippen LogP contribution in [0.1, 0.15) is 60.3 Å². The Hall–Kier alpha value is -2.43. The van der Waals surface area contributed by atoms with Crippen molar-refractivity contribution in [2.24, 2.45) is 22.7 Å². The van der Waals surface area contributed by atoms with Gasteiger partial charge in [-0.3, -0.25) is 29.4 Å². The van der Waals surface area contributed by atoms with Gasteiger partial charge in [-0.25, -0.2) is 9.40 Å². The number of nitrogens with zero attached hydrogens (tertiary/aromatic N) is 2. The molecule has 0 bridgehead atoms. The Morgan fingerprint density at radius 3 is 2.36 bits per heavy atom. The van der Waals surface area contributed by atoms with E-state index in [1.165, 1.54) is 4.90 Å². The number of alkyl halides is 2. The number of amides is 5. The topological polar surface area (TPSA) is 128 Å². The maximum Gasteiger partial charge on any atom is 0.291 e. The molecule has 36 heavy (non-hydrogen) atoms. The highest BCUT2D eigenvalue weighted by molar-refractivity contribution is 6.29. The van der Waals surface area contributed by atoms with Crippen LogP contribution in [-0.4, -0.2) is 76.8 Å². The van der Waals surface area contributed by atoms with Crippen LogP contribution in [0.2, 0.25) is 0 Å². The summed E-state index contributed by atoms with van der Waals surface area (Å²) >= 11 is 5.37. The van der Waals surface area contributed by atoms with Crippen LogP contribution in [0, 0.1) is 22.7 Å². The van der Waals surface area contributed by atoms with Crippen LogP contribution in [0.4, 0.5) is 4.39 Å². The summed E-state index contributed by atoms with van der Waals surface area (Å²) in [5.74, 6) is -3.72. The molecule has 1 saturated carbocycles. The first kappa shape index (κ1) is 28.1. The van der Waals surface area contributed by atoms with E-state index >= 15 is 0 Å². The molecule has 0 aromatic rings. The first-order chi connectivity index (χ1) is 16.6. The van der Waals surface area contributed by atoms with Crippen LogP contribution in [-0.2, 0) is 24.0 Å². The SMILES string of the molecule is CC(C)C(=O)N[C@H](C(=O)N1CC2(CC2)C[C@H]1C(=O)NN(C[C@@H]1CCNC1=O)C(=O)[C@H](F)Cl)C(C)(C)C. The molecule has 1 aliphatic carbocycles. The van der Waals surface area contributed by atoms with Gasteiger partial charge in [-0.05, 0) is 36.5 Å². The highest BCUT2D eigenvalue weighted by atomic mass is 35.5. The van der Waals surface area contributed by atoms with Gasteiger partial charge in [-0.15, -0.1) is 0 Å². The molecule has 1 spiro atoms. The largest absolute Gasteiger partial charge is 0.356 e. The van der Waals surface area contributed by atoms with Gasteiger partial charge in [0.2, 0.25) is 17.7 Å². The lowest BCUT2D eigenvalue weighted by Crippen LogP contribution is -2.60. The summed E-state index contributed by atoms with van der Waals surface area (Å²) in [6.45, 7) is 9.52. The molecule has 2 heterocycles. The number of nitrogens with one attached hydrogen (secondary N) is 3. The molecular formula is C24H37ClFN5O5. The summed E-state index contributed by atoms with van der Waals surface area (Å²) in [5, 5.41) is 6.22. The molecule has 10 nitrogen and oxygen atoms in total. The lowest BCUT2D eigenvalue weighted by molar-refractivity contribution is -0.150. The lowest BCUT2D eigenvalue weighted by Gasteiger charge is -2.36. The third-order valence-electron chi connectivity index (χ3n) is 7.24. The van der Waals surface area contributed by atoms with Crippen molar-refractivity contribution in [3.63, 3.8) is 0 Å². The van der Waals surface area contributed by atoms with Gasteiger partial charge in [0.25, 0.3) is 17.4 Å². The number of carbonyl (C=O) groups excluding carboxylic acids is 5. The van der Waals surface area contributed by atoms with Crippen LogP contribution in [0.15, 0.2) is 0 Å². The lowest BCUT2D eigenvalue weighted by atomic mass is 9.85. The molecule has 3 fully saturated rings. The van der Waals surface area contributed by atoms with E-state index in [0.717, 1.165) is 17.9 Å². The van der Waals surface area contributed by atoms with Crippen molar-refractivity contribution in [2.45, 2.75) is 78.0 Å². The van der Waals surface area contributed by atoms with Gasteiger partial charge >= 0.3 is 0 Å². The predicted molar refractivity (Wildman–Crippen MR) is 130 cm³/mol. The molecule has 2 aliphatic heterocycles. The summed E-state index contributed by atoms with van der Waals surface area (Å²) in [7, 11) is 0. The Morgan fingerprint density at radius 1 is 1.25 bits per heavy atom. The van der Waals surface area contributed by atoms with Crippen molar-refractivity contribution in [2.75, 3.05) is 19.6 Å². The first-order valence-corrected chi connectivity index (χ1v) is 12.9. The molecule has 12 heteroatoms. The van der Waals surface area contributed by atoms with Gasteiger partial charge in [0, 0.05) is 19.0 Å². The summed E-state index contributed by atoms with van der Waals surface area (Å²) in [6, 6.07) is -1.78. The molecule has 4 atom stereocenters. The molecule has 0 aromatic heterocycles. The molecule has 3 N–H and O–H groups in total. The number of hydrogen-bond donors (Lipinski definition) is 3. The molecule has 3 aliphatic rings. The number of halogens is 2. The monoisotopic (exact) mass is 529 g/mol. The van der Waals surface area contributed by atoms with E-state index in [-0.39, 0.29) is 35.6 Å². The van der Waals surface area contributed by atoms with Crippen molar-refractivity contribution >= 4 is 41.1 Å². The van der Waals surface area contributed by atoms with Gasteiger partial charge in [-0.1, -0.05) is 46.2 Å². The normalized spacial score (nSPS) is 24.3. The van der Waals surface area contributed by atoms with Crippen LogP contribution in [0.3, 0.4) is 0 Å². The fraction of sp³-hybridized carbons (Fsp3) is 0.792. The Morgan fingerprint density at radius 2 is 1.89 bits per heavy atom. The molecule has 202 valence electrons. The zero-order valence-electron chi connectivity index (χ0n) is 21.5. The quantitative estimate of drug-likeness (QED) is 0.336. The van der Waals surface area contributed by atoms with Crippen LogP contribution in [0.5, 0.6) is 0 Å². The number of rotatable bonds is 7. The minimum absolute atomic E-state index is 0.183. The van der Waals surface area contributed by atoms with Gasteiger partial charge in [0.1, 0.15) is 12.1 Å². The summed E-state index contributed by atoms with van der Waals surface area (Å²) in [5.41, 5.74) is -0.775. The van der Waals surface area contributed by atoms with Crippen molar-refractivity contribution in [3.05, 3.63) is 0 Å². The van der Waals surface area contributed by atoms with Crippen LogP contribution < -0.4 is 16.1 Å². The molecule has 2 saturated heterocycles. The van der Waals surface area contributed by atoms with Gasteiger partial charge < -0.3 is 15.5 Å². The van der Waals surface area contributed by atoms with Crippen LogP contribution in [0.25, 0.3) is 0 Å². The minimum Gasteiger partial charge on any atom is -0.356 e. The summed E-state index contributed by atoms with van der Waals surface area (Å²) < 4.78 is 13.7. The van der Waals surface area contributed by atoms with E-state index in [9.17, 15) is 28.4 Å². The number of likely N-dealkylation sites (tertiary alicyclic amines) is 1. The zero-order valence-corrected chi connectivity index (χ0v) is 22.3. The number of hydrazine groups is 1. The Kier molecular flexibility index (Phi) is 8.22. The first-order valence-electron chi connectivity index (χ1n) is 12.4. The van der Waals surface area contributed by atoms with E-state index in [1.807, 2.05) is 20.8 Å². The van der Waals surface area contributed by atoms with Crippen molar-refractivity contribution < 1.29 is 28.4 Å². The predicted octanol–water partition coefficient (Wildman–Crippen LogP) is 1.08. The van der Waals surface area contributed by atoms with E-state index in [1.54, 1.807) is 13.8 Å². The van der Waals surface area contributed by atoms with Crippen molar-refractivity contribution in [3.8, 4) is 0 Å². The molecule has 0 aromatic carbocycles. The Balaban J connectivity index is 1.81. The third-order valence-corrected chi connectivity index (χ3v) is 7.43. The standard InChI is InChI=1S/C24H37ClFN5O5/c1-13(2)18(32)28-16(23(3,4)5)21(35)30-12-24(7-8-24)10-15(30)20(34)29-31(22(36)17(25)26)11-14-6-9-27-19(14)33/h13-17H,6-12H2,1-5H3,(H,27,33)(H,28,32)(H,29,34)/t14-,15-,16+,17-/m0/s1. The number of carbonyl (C=O) groups is 5. The maximum atomic E-state index is 13.7. The highest BCUT2D eigenvalue weighted by Gasteiger charge is 2.56. The summed E-state index contributed by atoms with van der Waals surface area (Å²) in [6.07, 6.45) is 2.54. The molecular weight excluding hydrogens is 493 g/mol. The van der Waals surface area contributed by atoms with Crippen LogP contribution >= 0.6 is 11.6 Å². The van der Waals surface area contributed by atoms with Gasteiger partial charge in [0.05, 0.1) is 12.5 Å². The highest BCUT2D eigenvalue weighted by Crippen LogP contribution is 2.55. The maximum absolute atomic E-state index is 13.7. The molecule has 3 rings (SSSR count).